The molecule has 0 aliphatic rings. The van der Waals surface area contributed by atoms with Crippen LogP contribution >= 0.6 is 0 Å². The van der Waals surface area contributed by atoms with Crippen molar-refractivity contribution in [2.75, 3.05) is 6.61 Å². The first-order valence-corrected chi connectivity index (χ1v) is 7.02. The topological polar surface area (TPSA) is 64.2 Å². The van der Waals surface area contributed by atoms with E-state index in [4.69, 9.17) is 9.47 Å². The highest BCUT2D eigenvalue weighted by Gasteiger charge is 2.18. The van der Waals surface area contributed by atoms with Gasteiger partial charge in [-0.05, 0) is 39.8 Å². The fraction of sp³-hybridized carbons (Fsp3) is 0.375. The van der Waals surface area contributed by atoms with E-state index in [-0.39, 0.29) is 6.10 Å². The number of aryl methyl sites for hydroxylation is 1. The van der Waals surface area contributed by atoms with Crippen LogP contribution < -0.4 is 4.74 Å². The summed E-state index contributed by atoms with van der Waals surface area (Å²) < 4.78 is 10.8. The summed E-state index contributed by atoms with van der Waals surface area (Å²) in [5, 5.41) is 0. The number of nitrogens with one attached hydrogen (secondary N) is 1. The number of imidazole rings is 1. The summed E-state index contributed by atoms with van der Waals surface area (Å²) in [5.41, 5.74) is 1.82. The second kappa shape index (κ2) is 6.43. The zero-order valence-electron chi connectivity index (χ0n) is 12.8. The number of rotatable bonds is 5. The summed E-state index contributed by atoms with van der Waals surface area (Å²) in [5.74, 6) is 0.920. The number of ether oxygens (including phenoxy) is 2. The molecule has 1 aromatic carbocycles. The summed E-state index contributed by atoms with van der Waals surface area (Å²) in [4.78, 5) is 19.3. The summed E-state index contributed by atoms with van der Waals surface area (Å²) in [6, 6.07) is 7.61. The molecule has 1 aromatic heterocycles. The fourth-order valence-electron chi connectivity index (χ4n) is 2.01. The lowest BCUT2D eigenvalue weighted by Gasteiger charge is -2.12. The average Bonchev–Trinajstić information content (AvgIpc) is 2.81. The molecule has 0 spiro atoms. The number of hydrogen-bond donors (Lipinski definition) is 1. The van der Waals surface area contributed by atoms with Crippen molar-refractivity contribution in [2.24, 2.45) is 0 Å². The Morgan fingerprint density at radius 3 is 2.71 bits per heavy atom. The van der Waals surface area contributed by atoms with E-state index < -0.39 is 5.97 Å². The number of aromatic amines is 1. The maximum Gasteiger partial charge on any atom is 0.358 e. The highest BCUT2D eigenvalue weighted by atomic mass is 16.5. The van der Waals surface area contributed by atoms with Crippen molar-refractivity contribution in [1.82, 2.24) is 9.97 Å². The van der Waals surface area contributed by atoms with Crippen LogP contribution in [0.4, 0.5) is 0 Å². The number of para-hydroxylation sites is 1. The average molecular weight is 288 g/mol. The van der Waals surface area contributed by atoms with Crippen molar-refractivity contribution >= 4 is 5.97 Å². The predicted molar refractivity (Wildman–Crippen MR) is 80.5 cm³/mol. The van der Waals surface area contributed by atoms with Gasteiger partial charge >= 0.3 is 5.97 Å². The molecule has 2 aromatic rings. The number of carbonyl (C=O) groups excluding carboxylic acids is 1. The van der Waals surface area contributed by atoms with E-state index in [1.807, 2.05) is 38.1 Å². The minimum absolute atomic E-state index is 0.0618. The molecular formula is C16H20N2O3. The number of H-pyrrole nitrogens is 1. The van der Waals surface area contributed by atoms with Crippen molar-refractivity contribution in [3.8, 4) is 17.1 Å². The van der Waals surface area contributed by atoms with Crippen LogP contribution in [-0.4, -0.2) is 28.6 Å². The summed E-state index contributed by atoms with van der Waals surface area (Å²) in [7, 11) is 0. The van der Waals surface area contributed by atoms with Gasteiger partial charge in [-0.2, -0.15) is 0 Å². The Balaban J connectivity index is 2.39. The van der Waals surface area contributed by atoms with Gasteiger partial charge in [-0.25, -0.2) is 9.78 Å². The third kappa shape index (κ3) is 3.42. The number of carbonyl (C=O) groups is 1. The Bertz CT molecular complexity index is 632. The van der Waals surface area contributed by atoms with Gasteiger partial charge in [-0.1, -0.05) is 12.1 Å². The van der Waals surface area contributed by atoms with Gasteiger partial charge in [-0.15, -0.1) is 0 Å². The van der Waals surface area contributed by atoms with Crippen LogP contribution in [0.3, 0.4) is 0 Å². The van der Waals surface area contributed by atoms with E-state index in [1.165, 1.54) is 0 Å². The smallest absolute Gasteiger partial charge is 0.358 e. The monoisotopic (exact) mass is 288 g/mol. The number of esters is 1. The maximum absolute atomic E-state index is 11.8. The minimum Gasteiger partial charge on any atom is -0.490 e. The first-order valence-electron chi connectivity index (χ1n) is 7.02. The molecule has 21 heavy (non-hydrogen) atoms. The third-order valence-corrected chi connectivity index (χ3v) is 2.86. The molecule has 0 saturated carbocycles. The lowest BCUT2D eigenvalue weighted by atomic mass is 10.2. The minimum atomic E-state index is -0.417. The van der Waals surface area contributed by atoms with Crippen molar-refractivity contribution in [3.63, 3.8) is 0 Å². The van der Waals surface area contributed by atoms with Gasteiger partial charge in [0.2, 0.25) is 0 Å². The van der Waals surface area contributed by atoms with Gasteiger partial charge in [0.25, 0.3) is 0 Å². The van der Waals surface area contributed by atoms with Gasteiger partial charge in [-0.3, -0.25) is 0 Å². The largest absolute Gasteiger partial charge is 0.490 e. The number of nitrogens with zero attached hydrogens (tertiary/aromatic N) is 1. The standard InChI is InChI=1S/C16H20N2O3/c1-5-20-16(19)14-11(4)17-15(18-14)12-8-6-7-9-13(12)21-10(2)3/h6-10H,5H2,1-4H3,(H,17,18). The highest BCUT2D eigenvalue weighted by molar-refractivity contribution is 5.89. The van der Waals surface area contributed by atoms with E-state index in [0.29, 0.717) is 23.8 Å². The van der Waals surface area contributed by atoms with E-state index in [0.717, 1.165) is 11.3 Å². The first-order chi connectivity index (χ1) is 10.0. The van der Waals surface area contributed by atoms with E-state index >= 15 is 0 Å². The zero-order valence-corrected chi connectivity index (χ0v) is 12.8. The van der Waals surface area contributed by atoms with Crippen LogP contribution in [0.1, 0.15) is 37.0 Å². The van der Waals surface area contributed by atoms with Gasteiger partial charge in [0.1, 0.15) is 11.6 Å². The maximum atomic E-state index is 11.8. The fourth-order valence-corrected chi connectivity index (χ4v) is 2.01. The Morgan fingerprint density at radius 1 is 1.33 bits per heavy atom. The van der Waals surface area contributed by atoms with Gasteiger partial charge in [0.05, 0.1) is 18.3 Å². The van der Waals surface area contributed by atoms with Crippen molar-refractivity contribution in [3.05, 3.63) is 35.7 Å². The Hall–Kier alpha value is -2.30. The van der Waals surface area contributed by atoms with Crippen LogP contribution in [0.25, 0.3) is 11.4 Å². The first kappa shape index (κ1) is 15.1. The number of hydrogen-bond acceptors (Lipinski definition) is 4. The third-order valence-electron chi connectivity index (χ3n) is 2.86. The lowest BCUT2D eigenvalue weighted by Crippen LogP contribution is -2.07. The van der Waals surface area contributed by atoms with Crippen molar-refractivity contribution in [1.29, 1.82) is 0 Å². The zero-order chi connectivity index (χ0) is 15.4. The SMILES string of the molecule is CCOC(=O)c1nc(-c2ccccc2OC(C)C)[nH]c1C. The van der Waals surface area contributed by atoms with Crippen LogP contribution in [0.2, 0.25) is 0 Å². The predicted octanol–water partition coefficient (Wildman–Crippen LogP) is 3.35. The number of benzene rings is 1. The molecule has 0 unspecified atom stereocenters. The summed E-state index contributed by atoms with van der Waals surface area (Å²) >= 11 is 0. The van der Waals surface area contributed by atoms with Crippen LogP contribution in [0.5, 0.6) is 5.75 Å². The molecule has 0 saturated heterocycles. The molecule has 0 fully saturated rings. The molecule has 112 valence electrons. The Morgan fingerprint density at radius 2 is 2.05 bits per heavy atom. The van der Waals surface area contributed by atoms with Gasteiger partial charge in [0, 0.05) is 5.69 Å². The van der Waals surface area contributed by atoms with Crippen molar-refractivity contribution < 1.29 is 14.3 Å². The van der Waals surface area contributed by atoms with Crippen LogP contribution in [-0.2, 0) is 4.74 Å². The summed E-state index contributed by atoms with van der Waals surface area (Å²) in [6.07, 6.45) is 0.0618. The molecule has 0 aliphatic heterocycles. The van der Waals surface area contributed by atoms with E-state index in [9.17, 15) is 4.79 Å². The van der Waals surface area contributed by atoms with Gasteiger partial charge in [0.15, 0.2) is 5.69 Å². The second-order valence-electron chi connectivity index (χ2n) is 4.94. The van der Waals surface area contributed by atoms with Crippen LogP contribution in [0, 0.1) is 6.92 Å². The molecule has 0 aliphatic carbocycles. The molecule has 0 bridgehead atoms. The normalized spacial score (nSPS) is 10.7. The van der Waals surface area contributed by atoms with Crippen molar-refractivity contribution in [2.45, 2.75) is 33.8 Å². The molecule has 0 radical (unpaired) electrons. The molecule has 5 heteroatoms. The molecule has 5 nitrogen and oxygen atoms in total. The summed E-state index contributed by atoms with van der Waals surface area (Å²) in [6.45, 7) is 7.83. The highest BCUT2D eigenvalue weighted by Crippen LogP contribution is 2.29. The van der Waals surface area contributed by atoms with E-state index in [2.05, 4.69) is 9.97 Å². The lowest BCUT2D eigenvalue weighted by molar-refractivity contribution is 0.0519. The van der Waals surface area contributed by atoms with E-state index in [1.54, 1.807) is 13.8 Å². The Labute approximate surface area is 124 Å². The van der Waals surface area contributed by atoms with Crippen LogP contribution in [0.15, 0.2) is 24.3 Å². The molecular weight excluding hydrogens is 268 g/mol. The number of aromatic nitrogens is 2. The molecule has 1 N–H and O–H groups in total. The molecule has 0 atom stereocenters. The molecule has 0 amide bonds. The quantitative estimate of drug-likeness (QED) is 0.857. The second-order valence-corrected chi connectivity index (χ2v) is 4.94. The Kier molecular flexibility index (Phi) is 4.62. The van der Waals surface area contributed by atoms with Gasteiger partial charge < -0.3 is 14.5 Å². The molecule has 1 heterocycles. The molecule has 2 rings (SSSR count).